The highest BCUT2D eigenvalue weighted by Gasteiger charge is 2.41. The third-order valence-electron chi connectivity index (χ3n) is 3.04. The molecule has 0 spiro atoms. The summed E-state index contributed by atoms with van der Waals surface area (Å²) in [5, 5.41) is 0. The minimum Gasteiger partial charge on any atom is -0.373 e. The summed E-state index contributed by atoms with van der Waals surface area (Å²) in [6.07, 6.45) is 1.14. The van der Waals surface area contributed by atoms with Crippen molar-refractivity contribution in [3.63, 3.8) is 0 Å². The van der Waals surface area contributed by atoms with Crippen LogP contribution in [0.25, 0.3) is 0 Å². The Morgan fingerprint density at radius 1 is 1.12 bits per heavy atom. The quantitative estimate of drug-likeness (QED) is 0.625. The normalized spacial score (nSPS) is 29.2. The van der Waals surface area contributed by atoms with Crippen molar-refractivity contribution >= 4 is 0 Å². The van der Waals surface area contributed by atoms with Crippen LogP contribution < -0.4 is 0 Å². The molecule has 2 aliphatic heterocycles. The van der Waals surface area contributed by atoms with E-state index in [9.17, 15) is 0 Å². The summed E-state index contributed by atoms with van der Waals surface area (Å²) in [6.45, 7) is 10.5. The van der Waals surface area contributed by atoms with Gasteiger partial charge in [0.2, 0.25) is 0 Å². The molecule has 2 aliphatic rings. The van der Waals surface area contributed by atoms with Crippen LogP contribution in [0.3, 0.4) is 0 Å². The van der Waals surface area contributed by atoms with Crippen LogP contribution in [0.2, 0.25) is 0 Å². The van der Waals surface area contributed by atoms with Crippen molar-refractivity contribution < 1.29 is 18.9 Å². The topological polar surface area (TPSA) is 43.5 Å². The fourth-order valence-corrected chi connectivity index (χ4v) is 1.62. The monoisotopic (exact) mass is 230 g/mol. The first kappa shape index (κ1) is 12.3. The lowest BCUT2D eigenvalue weighted by molar-refractivity contribution is -0.103. The molecule has 2 unspecified atom stereocenters. The van der Waals surface area contributed by atoms with Crippen molar-refractivity contribution in [1.82, 2.24) is 0 Å². The number of hydrogen-bond donors (Lipinski definition) is 0. The van der Waals surface area contributed by atoms with E-state index < -0.39 is 0 Å². The molecule has 0 aliphatic carbocycles. The minimum absolute atomic E-state index is 0.00905. The molecule has 16 heavy (non-hydrogen) atoms. The lowest BCUT2D eigenvalue weighted by Crippen LogP contribution is -2.35. The van der Waals surface area contributed by atoms with Gasteiger partial charge in [0, 0.05) is 0 Å². The Labute approximate surface area is 97.2 Å². The summed E-state index contributed by atoms with van der Waals surface area (Å²) in [5.74, 6) is 0. The van der Waals surface area contributed by atoms with Crippen LogP contribution in [0.15, 0.2) is 0 Å². The number of epoxide rings is 2. The Morgan fingerprint density at radius 2 is 1.75 bits per heavy atom. The largest absolute Gasteiger partial charge is 0.373 e. The van der Waals surface area contributed by atoms with Gasteiger partial charge >= 0.3 is 0 Å². The third kappa shape index (κ3) is 3.70. The van der Waals surface area contributed by atoms with E-state index in [0.717, 1.165) is 19.6 Å². The summed E-state index contributed by atoms with van der Waals surface area (Å²) in [5.41, 5.74) is -0.353. The first-order valence-electron chi connectivity index (χ1n) is 5.94. The average Bonchev–Trinajstić information content (AvgIpc) is 2.97. The van der Waals surface area contributed by atoms with Crippen LogP contribution in [0, 0.1) is 0 Å². The van der Waals surface area contributed by atoms with Crippen molar-refractivity contribution in [3.8, 4) is 0 Å². The number of hydrogen-bond acceptors (Lipinski definition) is 4. The van der Waals surface area contributed by atoms with Gasteiger partial charge in [0.1, 0.15) is 12.7 Å². The van der Waals surface area contributed by atoms with Crippen LogP contribution in [0.5, 0.6) is 0 Å². The molecule has 94 valence electrons. The fraction of sp³-hybridized carbons (Fsp3) is 1.00. The Balaban J connectivity index is 1.65. The summed E-state index contributed by atoms with van der Waals surface area (Å²) in [7, 11) is 0. The second-order valence-electron chi connectivity index (χ2n) is 5.66. The van der Waals surface area contributed by atoms with E-state index in [1.54, 1.807) is 0 Å². The maximum atomic E-state index is 5.85. The van der Waals surface area contributed by atoms with E-state index in [4.69, 9.17) is 18.9 Å². The first-order chi connectivity index (χ1) is 7.39. The molecule has 2 saturated heterocycles. The summed E-state index contributed by atoms with van der Waals surface area (Å²) in [6, 6.07) is 0. The molecule has 0 aromatic rings. The van der Waals surface area contributed by atoms with Crippen molar-refractivity contribution in [3.05, 3.63) is 0 Å². The Morgan fingerprint density at radius 3 is 2.25 bits per heavy atom. The van der Waals surface area contributed by atoms with Gasteiger partial charge in [0.05, 0.1) is 24.4 Å². The maximum Gasteiger partial charge on any atom is 0.181 e. The zero-order chi connectivity index (χ0) is 11.8. The molecule has 2 heterocycles. The molecule has 0 bridgehead atoms. The lowest BCUT2D eigenvalue weighted by atomic mass is 10.0. The van der Waals surface area contributed by atoms with Gasteiger partial charge in [0.15, 0.2) is 6.29 Å². The first-order valence-corrected chi connectivity index (χ1v) is 5.94. The molecular weight excluding hydrogens is 208 g/mol. The standard InChI is InChI=1S/C12H22O4/c1-11(2,16-10-8-14-10)5-6-15-12(3,4)9-7-13-9/h9-10H,5-8H2,1-4H3. The van der Waals surface area contributed by atoms with Gasteiger partial charge in [-0.15, -0.1) is 0 Å². The van der Waals surface area contributed by atoms with Gasteiger partial charge in [-0.05, 0) is 34.1 Å². The van der Waals surface area contributed by atoms with Gasteiger partial charge in [0.25, 0.3) is 0 Å². The molecule has 0 amide bonds. The Bertz CT molecular complexity index is 241. The molecule has 0 N–H and O–H groups in total. The molecule has 2 atom stereocenters. The Kier molecular flexibility index (Phi) is 3.27. The summed E-state index contributed by atoms with van der Waals surface area (Å²) >= 11 is 0. The van der Waals surface area contributed by atoms with Crippen molar-refractivity contribution in [2.45, 2.75) is 57.7 Å². The zero-order valence-electron chi connectivity index (χ0n) is 10.6. The van der Waals surface area contributed by atoms with Crippen LogP contribution in [-0.2, 0) is 18.9 Å². The summed E-state index contributed by atoms with van der Waals surface area (Å²) < 4.78 is 21.9. The average molecular weight is 230 g/mol. The van der Waals surface area contributed by atoms with Crippen LogP contribution in [0.1, 0.15) is 34.1 Å². The fourth-order valence-electron chi connectivity index (χ4n) is 1.62. The van der Waals surface area contributed by atoms with Gasteiger partial charge in [-0.3, -0.25) is 0 Å². The van der Waals surface area contributed by atoms with Crippen molar-refractivity contribution in [2.24, 2.45) is 0 Å². The van der Waals surface area contributed by atoms with Crippen molar-refractivity contribution in [1.29, 1.82) is 0 Å². The number of rotatable bonds is 7. The highest BCUT2D eigenvalue weighted by atomic mass is 16.8. The van der Waals surface area contributed by atoms with Gasteiger partial charge < -0.3 is 18.9 Å². The Hall–Kier alpha value is -0.160. The molecule has 2 rings (SSSR count). The van der Waals surface area contributed by atoms with E-state index in [2.05, 4.69) is 27.7 Å². The van der Waals surface area contributed by atoms with Gasteiger partial charge in [-0.2, -0.15) is 0 Å². The molecule has 4 heteroatoms. The SMILES string of the molecule is CC(C)(CCOC(C)(C)C1CO1)OC1CO1. The van der Waals surface area contributed by atoms with E-state index in [0.29, 0.717) is 6.61 Å². The zero-order valence-corrected chi connectivity index (χ0v) is 10.6. The van der Waals surface area contributed by atoms with Crippen LogP contribution >= 0.6 is 0 Å². The van der Waals surface area contributed by atoms with Gasteiger partial charge in [-0.1, -0.05) is 0 Å². The third-order valence-corrected chi connectivity index (χ3v) is 3.04. The van der Waals surface area contributed by atoms with E-state index >= 15 is 0 Å². The van der Waals surface area contributed by atoms with Gasteiger partial charge in [-0.25, -0.2) is 0 Å². The van der Waals surface area contributed by atoms with E-state index in [1.807, 2.05) is 0 Å². The maximum absolute atomic E-state index is 5.85. The second-order valence-corrected chi connectivity index (χ2v) is 5.66. The molecule has 2 fully saturated rings. The molecule has 4 nitrogen and oxygen atoms in total. The highest BCUT2D eigenvalue weighted by molar-refractivity contribution is 4.88. The van der Waals surface area contributed by atoms with E-state index in [-0.39, 0.29) is 23.6 Å². The number of ether oxygens (including phenoxy) is 4. The van der Waals surface area contributed by atoms with Crippen molar-refractivity contribution in [2.75, 3.05) is 19.8 Å². The summed E-state index contributed by atoms with van der Waals surface area (Å²) in [4.78, 5) is 0. The molecule has 0 saturated carbocycles. The second kappa shape index (κ2) is 4.26. The molecular formula is C12H22O4. The molecule has 0 radical (unpaired) electrons. The molecule has 0 aromatic heterocycles. The minimum atomic E-state index is -0.179. The lowest BCUT2D eigenvalue weighted by Gasteiger charge is -2.28. The predicted molar refractivity (Wildman–Crippen MR) is 59.3 cm³/mol. The molecule has 0 aromatic carbocycles. The smallest absolute Gasteiger partial charge is 0.181 e. The van der Waals surface area contributed by atoms with E-state index in [1.165, 1.54) is 0 Å². The van der Waals surface area contributed by atoms with Crippen LogP contribution in [-0.4, -0.2) is 43.4 Å². The highest BCUT2D eigenvalue weighted by Crippen LogP contribution is 2.29. The van der Waals surface area contributed by atoms with Crippen LogP contribution in [0.4, 0.5) is 0 Å². The predicted octanol–water partition coefficient (Wildman–Crippen LogP) is 1.72.